The Hall–Kier alpha value is -0.120. The van der Waals surface area contributed by atoms with Crippen molar-refractivity contribution >= 4 is 0 Å². The van der Waals surface area contributed by atoms with Crippen LogP contribution in [0.25, 0.3) is 0 Å². The monoisotopic (exact) mass is 184 g/mol. The molecule has 0 saturated carbocycles. The van der Waals surface area contributed by atoms with Gasteiger partial charge in [0.25, 0.3) is 0 Å². The zero-order chi connectivity index (χ0) is 9.42. The van der Waals surface area contributed by atoms with Crippen molar-refractivity contribution in [2.75, 3.05) is 26.2 Å². The summed E-state index contributed by atoms with van der Waals surface area (Å²) in [5.41, 5.74) is 0. The van der Waals surface area contributed by atoms with Crippen molar-refractivity contribution in [3.63, 3.8) is 0 Å². The number of fused-ring (bicyclic) bond motifs is 3. The predicted molar refractivity (Wildman–Crippen MR) is 52.7 cm³/mol. The first-order valence-corrected chi connectivity index (χ1v) is 5.38. The van der Waals surface area contributed by atoms with Crippen LogP contribution in [0.3, 0.4) is 0 Å². The second kappa shape index (κ2) is 3.56. The topological polar surface area (TPSA) is 26.7 Å². The minimum atomic E-state index is -0.129. The summed E-state index contributed by atoms with van der Waals surface area (Å²) in [5, 5.41) is 9.82. The molecule has 3 fully saturated rings. The molecular weight excluding hydrogens is 164 g/mol. The van der Waals surface area contributed by atoms with Crippen LogP contribution in [-0.2, 0) is 0 Å². The first kappa shape index (κ1) is 9.44. The Morgan fingerprint density at radius 1 is 1.31 bits per heavy atom. The number of aliphatic hydroxyl groups excluding tert-OH is 1. The molecule has 0 radical (unpaired) electrons. The van der Waals surface area contributed by atoms with Crippen molar-refractivity contribution in [1.29, 1.82) is 0 Å². The lowest BCUT2D eigenvalue weighted by atomic mass is 9.97. The van der Waals surface area contributed by atoms with Gasteiger partial charge < -0.3 is 5.11 Å². The highest BCUT2D eigenvalue weighted by Gasteiger charge is 2.38. The molecule has 0 spiro atoms. The summed E-state index contributed by atoms with van der Waals surface area (Å²) in [6.45, 7) is 8.88. The molecule has 3 aliphatic rings. The van der Waals surface area contributed by atoms with Crippen LogP contribution in [0.4, 0.5) is 0 Å². The van der Waals surface area contributed by atoms with Crippen LogP contribution in [-0.4, -0.2) is 59.3 Å². The lowest BCUT2D eigenvalue weighted by Crippen LogP contribution is -2.67. The van der Waals surface area contributed by atoms with Crippen molar-refractivity contribution in [3.05, 3.63) is 0 Å². The molecule has 3 heteroatoms. The largest absolute Gasteiger partial charge is 0.391 e. The highest BCUT2D eigenvalue weighted by molar-refractivity contribution is 4.94. The van der Waals surface area contributed by atoms with Crippen LogP contribution in [0.15, 0.2) is 0 Å². The van der Waals surface area contributed by atoms with Crippen LogP contribution >= 0.6 is 0 Å². The third-order valence-corrected chi connectivity index (χ3v) is 3.55. The second-order valence-corrected chi connectivity index (χ2v) is 4.38. The Labute approximate surface area is 80.3 Å². The summed E-state index contributed by atoms with van der Waals surface area (Å²) in [5.74, 6) is 0. The zero-order valence-electron chi connectivity index (χ0n) is 8.61. The van der Waals surface area contributed by atoms with E-state index in [1.807, 2.05) is 0 Å². The van der Waals surface area contributed by atoms with Crippen molar-refractivity contribution in [3.8, 4) is 0 Å². The van der Waals surface area contributed by atoms with Crippen molar-refractivity contribution in [1.82, 2.24) is 9.80 Å². The van der Waals surface area contributed by atoms with Gasteiger partial charge in [0.2, 0.25) is 0 Å². The van der Waals surface area contributed by atoms with Gasteiger partial charge in [-0.15, -0.1) is 0 Å². The molecule has 1 N–H and O–H groups in total. The lowest BCUT2D eigenvalue weighted by Gasteiger charge is -2.52. The molecule has 5 unspecified atom stereocenters. The molecule has 3 saturated heterocycles. The maximum absolute atomic E-state index is 9.82. The summed E-state index contributed by atoms with van der Waals surface area (Å²) in [6.07, 6.45) is 0.749. The fraction of sp³-hybridized carbons (Fsp3) is 1.00. The molecule has 0 aromatic heterocycles. The van der Waals surface area contributed by atoms with Gasteiger partial charge in [-0.2, -0.15) is 0 Å². The van der Waals surface area contributed by atoms with Gasteiger partial charge in [0.05, 0.1) is 6.10 Å². The minimum absolute atomic E-state index is 0.129. The second-order valence-electron chi connectivity index (χ2n) is 4.38. The molecule has 76 valence electrons. The fourth-order valence-electron chi connectivity index (χ4n) is 2.59. The molecule has 3 heterocycles. The number of rotatable bonds is 2. The summed E-state index contributed by atoms with van der Waals surface area (Å²) in [6, 6.07) is 1.09. The maximum Gasteiger partial charge on any atom is 0.0705 e. The molecule has 0 aromatic carbocycles. The summed E-state index contributed by atoms with van der Waals surface area (Å²) in [4.78, 5) is 4.96. The van der Waals surface area contributed by atoms with Gasteiger partial charge in [-0.25, -0.2) is 0 Å². The molecule has 13 heavy (non-hydrogen) atoms. The quantitative estimate of drug-likeness (QED) is 0.661. The maximum atomic E-state index is 9.82. The number of aliphatic hydroxyl groups is 1. The molecule has 0 aromatic rings. The number of piperazine rings is 3. The van der Waals surface area contributed by atoms with Crippen LogP contribution in [0.2, 0.25) is 0 Å². The van der Waals surface area contributed by atoms with Crippen LogP contribution in [0, 0.1) is 0 Å². The van der Waals surface area contributed by atoms with E-state index in [0.717, 1.165) is 26.1 Å². The molecule has 0 aliphatic carbocycles. The number of hydrogen-bond donors (Lipinski definition) is 1. The normalized spacial score (nSPS) is 46.4. The molecule has 3 nitrogen and oxygen atoms in total. The van der Waals surface area contributed by atoms with E-state index in [9.17, 15) is 5.11 Å². The summed E-state index contributed by atoms with van der Waals surface area (Å²) in [7, 11) is 0. The summed E-state index contributed by atoms with van der Waals surface area (Å²) >= 11 is 0. The van der Waals surface area contributed by atoms with Crippen molar-refractivity contribution < 1.29 is 5.11 Å². The molecule has 5 atom stereocenters. The van der Waals surface area contributed by atoms with Gasteiger partial charge in [-0.1, -0.05) is 6.92 Å². The van der Waals surface area contributed by atoms with E-state index in [2.05, 4.69) is 23.6 Å². The van der Waals surface area contributed by atoms with Gasteiger partial charge in [0, 0.05) is 38.3 Å². The average molecular weight is 184 g/mol. The highest BCUT2D eigenvalue weighted by atomic mass is 16.3. The average Bonchev–Trinajstić information content (AvgIpc) is 2.17. The van der Waals surface area contributed by atoms with Crippen molar-refractivity contribution in [2.45, 2.75) is 38.5 Å². The van der Waals surface area contributed by atoms with Gasteiger partial charge in [0.15, 0.2) is 0 Å². The van der Waals surface area contributed by atoms with Gasteiger partial charge >= 0.3 is 0 Å². The van der Waals surface area contributed by atoms with E-state index in [-0.39, 0.29) is 6.10 Å². The SMILES string of the molecule is CCC(O)C1CN2CCN1CC2C. The molecule has 0 amide bonds. The third kappa shape index (κ3) is 1.60. The van der Waals surface area contributed by atoms with Gasteiger partial charge in [-0.05, 0) is 13.3 Å². The Morgan fingerprint density at radius 2 is 2.00 bits per heavy atom. The van der Waals surface area contributed by atoms with E-state index < -0.39 is 0 Å². The van der Waals surface area contributed by atoms with Gasteiger partial charge in [0.1, 0.15) is 0 Å². The molecule has 3 aliphatic heterocycles. The van der Waals surface area contributed by atoms with Crippen LogP contribution in [0.1, 0.15) is 20.3 Å². The van der Waals surface area contributed by atoms with E-state index in [1.165, 1.54) is 6.54 Å². The molecular formula is C10H20N2O. The Bertz CT molecular complexity index is 186. The van der Waals surface area contributed by atoms with Crippen LogP contribution in [0.5, 0.6) is 0 Å². The first-order valence-electron chi connectivity index (χ1n) is 5.38. The van der Waals surface area contributed by atoms with Crippen molar-refractivity contribution in [2.24, 2.45) is 0 Å². The molecule has 2 bridgehead atoms. The number of nitrogens with zero attached hydrogens (tertiary/aromatic N) is 2. The molecule has 3 rings (SSSR count). The first-order chi connectivity index (χ1) is 6.22. The van der Waals surface area contributed by atoms with E-state index in [1.54, 1.807) is 0 Å². The highest BCUT2D eigenvalue weighted by Crippen LogP contribution is 2.23. The van der Waals surface area contributed by atoms with E-state index in [4.69, 9.17) is 0 Å². The predicted octanol–water partition coefficient (Wildman–Crippen LogP) is 0.146. The number of hydrogen-bond acceptors (Lipinski definition) is 3. The lowest BCUT2D eigenvalue weighted by molar-refractivity contribution is -0.0703. The van der Waals surface area contributed by atoms with Crippen LogP contribution < -0.4 is 0 Å². The minimum Gasteiger partial charge on any atom is -0.391 e. The van der Waals surface area contributed by atoms with Gasteiger partial charge in [-0.3, -0.25) is 9.80 Å². The zero-order valence-corrected chi connectivity index (χ0v) is 8.61. The Balaban J connectivity index is 2.02. The summed E-state index contributed by atoms with van der Waals surface area (Å²) < 4.78 is 0. The smallest absolute Gasteiger partial charge is 0.0705 e. The van der Waals surface area contributed by atoms with E-state index >= 15 is 0 Å². The fourth-order valence-corrected chi connectivity index (χ4v) is 2.59. The standard InChI is InChI=1S/C10H20N2O/c1-3-10(13)9-7-11-4-5-12(9)6-8(11)2/h8-10,13H,3-7H2,1-2H3. The van der Waals surface area contributed by atoms with E-state index in [0.29, 0.717) is 12.1 Å². The Kier molecular flexibility index (Phi) is 2.58. The third-order valence-electron chi connectivity index (χ3n) is 3.55. The Morgan fingerprint density at radius 3 is 2.46 bits per heavy atom.